The van der Waals surface area contributed by atoms with Gasteiger partial charge in [-0.2, -0.15) is 0 Å². The molecule has 4 heteroatoms. The summed E-state index contributed by atoms with van der Waals surface area (Å²) < 4.78 is 5.47. The van der Waals surface area contributed by atoms with Crippen LogP contribution in [0.1, 0.15) is 26.2 Å². The molecular weight excluding hydrogens is 282 g/mol. The van der Waals surface area contributed by atoms with Crippen LogP contribution in [0.25, 0.3) is 0 Å². The van der Waals surface area contributed by atoms with E-state index in [0.29, 0.717) is 11.3 Å². The molecule has 0 saturated carbocycles. The van der Waals surface area contributed by atoms with Crippen LogP contribution < -0.4 is 0 Å². The molecule has 1 N–H and O–H groups in total. The van der Waals surface area contributed by atoms with Crippen LogP contribution >= 0.6 is 15.9 Å². The lowest BCUT2D eigenvalue weighted by molar-refractivity contribution is -0.0179. The third kappa shape index (κ3) is 3.43. The number of hydrogen-bond acceptors (Lipinski definition) is 3. The summed E-state index contributed by atoms with van der Waals surface area (Å²) in [6, 6.07) is 0. The summed E-state index contributed by atoms with van der Waals surface area (Å²) in [5.41, 5.74) is 0.389. The number of nitrogens with zero attached hydrogens (tertiary/aromatic N) is 1. The van der Waals surface area contributed by atoms with Crippen molar-refractivity contribution in [1.82, 2.24) is 4.90 Å². The predicted molar refractivity (Wildman–Crippen MR) is 72.5 cm³/mol. The van der Waals surface area contributed by atoms with E-state index in [1.165, 1.54) is 0 Å². The highest BCUT2D eigenvalue weighted by Crippen LogP contribution is 2.34. The van der Waals surface area contributed by atoms with Crippen LogP contribution in [0, 0.1) is 11.3 Å². The van der Waals surface area contributed by atoms with Gasteiger partial charge < -0.3 is 14.7 Å². The van der Waals surface area contributed by atoms with E-state index >= 15 is 0 Å². The molecule has 2 aliphatic rings. The SMILES string of the molecule is CC1CN(CC2(CBr)CCOCC2)CCC1O. The largest absolute Gasteiger partial charge is 0.393 e. The van der Waals surface area contributed by atoms with Crippen LogP contribution in [0.3, 0.4) is 0 Å². The normalized spacial score (nSPS) is 34.8. The van der Waals surface area contributed by atoms with E-state index in [-0.39, 0.29) is 6.10 Å². The number of aliphatic hydroxyl groups is 1. The summed E-state index contributed by atoms with van der Waals surface area (Å²) in [6.45, 7) is 7.19. The Morgan fingerprint density at radius 2 is 2.12 bits per heavy atom. The highest BCUT2D eigenvalue weighted by Gasteiger charge is 2.35. The van der Waals surface area contributed by atoms with E-state index in [1.54, 1.807) is 0 Å². The van der Waals surface area contributed by atoms with Crippen molar-refractivity contribution in [2.24, 2.45) is 11.3 Å². The van der Waals surface area contributed by atoms with Gasteiger partial charge in [-0.15, -0.1) is 0 Å². The Morgan fingerprint density at radius 3 is 2.71 bits per heavy atom. The number of alkyl halides is 1. The molecule has 0 spiro atoms. The monoisotopic (exact) mass is 305 g/mol. The van der Waals surface area contributed by atoms with E-state index in [2.05, 4.69) is 27.8 Å². The van der Waals surface area contributed by atoms with E-state index in [9.17, 15) is 5.11 Å². The summed E-state index contributed by atoms with van der Waals surface area (Å²) in [5.74, 6) is 0.413. The van der Waals surface area contributed by atoms with Gasteiger partial charge in [-0.3, -0.25) is 0 Å². The minimum atomic E-state index is -0.0964. The number of piperidine rings is 1. The molecule has 0 aromatic rings. The molecule has 0 radical (unpaired) electrons. The Hall–Kier alpha value is 0.360. The van der Waals surface area contributed by atoms with Gasteiger partial charge in [-0.05, 0) is 30.6 Å². The van der Waals surface area contributed by atoms with E-state index in [1.807, 2.05) is 0 Å². The highest BCUT2D eigenvalue weighted by molar-refractivity contribution is 9.09. The van der Waals surface area contributed by atoms with Crippen molar-refractivity contribution >= 4 is 15.9 Å². The first-order valence-corrected chi connectivity index (χ1v) is 7.81. The van der Waals surface area contributed by atoms with Gasteiger partial charge in [0.05, 0.1) is 6.10 Å². The summed E-state index contributed by atoms with van der Waals surface area (Å²) >= 11 is 3.69. The minimum absolute atomic E-state index is 0.0964. The molecule has 0 aliphatic carbocycles. The van der Waals surface area contributed by atoms with Crippen LogP contribution in [0.5, 0.6) is 0 Å². The molecule has 2 heterocycles. The molecule has 100 valence electrons. The topological polar surface area (TPSA) is 32.7 Å². The Kier molecular flexibility index (Phi) is 4.87. The first kappa shape index (κ1) is 13.8. The summed E-state index contributed by atoms with van der Waals surface area (Å²) in [5, 5.41) is 10.8. The quantitative estimate of drug-likeness (QED) is 0.808. The van der Waals surface area contributed by atoms with Crippen molar-refractivity contribution in [3.05, 3.63) is 0 Å². The van der Waals surface area contributed by atoms with Crippen LogP contribution in [0.15, 0.2) is 0 Å². The third-order valence-electron chi connectivity index (χ3n) is 4.34. The van der Waals surface area contributed by atoms with E-state index in [0.717, 1.165) is 57.4 Å². The molecule has 0 bridgehead atoms. The molecule has 0 aromatic carbocycles. The molecule has 2 rings (SSSR count). The number of rotatable bonds is 3. The summed E-state index contributed by atoms with van der Waals surface area (Å²) in [6.07, 6.45) is 3.15. The van der Waals surface area contributed by atoms with Gasteiger partial charge in [0.25, 0.3) is 0 Å². The smallest absolute Gasteiger partial charge is 0.0590 e. The van der Waals surface area contributed by atoms with E-state index < -0.39 is 0 Å². The number of likely N-dealkylation sites (tertiary alicyclic amines) is 1. The molecule has 2 fully saturated rings. The number of aliphatic hydroxyl groups excluding tert-OH is 1. The van der Waals surface area contributed by atoms with Crippen molar-refractivity contribution in [3.63, 3.8) is 0 Å². The lowest BCUT2D eigenvalue weighted by Crippen LogP contribution is -2.48. The molecule has 2 aliphatic heterocycles. The zero-order valence-corrected chi connectivity index (χ0v) is 12.3. The average Bonchev–Trinajstić information content (AvgIpc) is 2.35. The van der Waals surface area contributed by atoms with Crippen molar-refractivity contribution in [1.29, 1.82) is 0 Å². The van der Waals surface area contributed by atoms with Gasteiger partial charge in [-0.1, -0.05) is 22.9 Å². The Morgan fingerprint density at radius 1 is 1.41 bits per heavy atom. The second-order valence-corrected chi connectivity index (χ2v) is 6.38. The molecule has 2 unspecified atom stereocenters. The van der Waals surface area contributed by atoms with Crippen molar-refractivity contribution in [3.8, 4) is 0 Å². The Labute approximate surface area is 113 Å². The maximum absolute atomic E-state index is 9.77. The number of ether oxygens (including phenoxy) is 1. The van der Waals surface area contributed by atoms with Gasteiger partial charge >= 0.3 is 0 Å². The van der Waals surface area contributed by atoms with Crippen molar-refractivity contribution in [2.75, 3.05) is 38.2 Å². The van der Waals surface area contributed by atoms with Gasteiger partial charge in [0.1, 0.15) is 0 Å². The third-order valence-corrected chi connectivity index (χ3v) is 5.53. The predicted octanol–water partition coefficient (Wildman–Crippen LogP) is 1.88. The van der Waals surface area contributed by atoms with Gasteiger partial charge in [-0.25, -0.2) is 0 Å². The molecule has 2 saturated heterocycles. The van der Waals surface area contributed by atoms with Crippen molar-refractivity contribution in [2.45, 2.75) is 32.3 Å². The zero-order chi connectivity index (χ0) is 12.3. The van der Waals surface area contributed by atoms with Crippen LogP contribution in [-0.4, -0.2) is 54.3 Å². The fraction of sp³-hybridized carbons (Fsp3) is 1.00. The molecular formula is C13H24BrNO2. The lowest BCUT2D eigenvalue weighted by atomic mass is 9.81. The molecule has 0 aromatic heterocycles. The van der Waals surface area contributed by atoms with Crippen LogP contribution in [0.4, 0.5) is 0 Å². The second-order valence-electron chi connectivity index (χ2n) is 5.81. The van der Waals surface area contributed by atoms with Gasteiger partial charge in [0.2, 0.25) is 0 Å². The summed E-state index contributed by atoms with van der Waals surface area (Å²) in [7, 11) is 0. The van der Waals surface area contributed by atoms with Gasteiger partial charge in [0, 0.05) is 38.2 Å². The number of halogens is 1. The molecule has 3 nitrogen and oxygen atoms in total. The number of hydrogen-bond donors (Lipinski definition) is 1. The van der Waals surface area contributed by atoms with Gasteiger partial charge in [0.15, 0.2) is 0 Å². The average molecular weight is 306 g/mol. The standard InChI is InChI=1S/C13H24BrNO2/c1-11-8-15(5-2-12(11)16)10-13(9-14)3-6-17-7-4-13/h11-12,16H,2-10H2,1H3. The fourth-order valence-corrected chi connectivity index (χ4v) is 3.71. The highest BCUT2D eigenvalue weighted by atomic mass is 79.9. The maximum atomic E-state index is 9.77. The van der Waals surface area contributed by atoms with Crippen LogP contribution in [0.2, 0.25) is 0 Å². The fourth-order valence-electron chi connectivity index (χ4n) is 2.98. The summed E-state index contributed by atoms with van der Waals surface area (Å²) in [4.78, 5) is 2.53. The zero-order valence-electron chi connectivity index (χ0n) is 10.7. The molecule has 17 heavy (non-hydrogen) atoms. The first-order chi connectivity index (χ1) is 8.15. The second kappa shape index (κ2) is 6.00. The molecule has 0 amide bonds. The van der Waals surface area contributed by atoms with E-state index in [4.69, 9.17) is 4.74 Å². The minimum Gasteiger partial charge on any atom is -0.393 e. The lowest BCUT2D eigenvalue weighted by Gasteiger charge is -2.43. The molecule has 2 atom stereocenters. The Bertz CT molecular complexity index is 244. The van der Waals surface area contributed by atoms with Crippen LogP contribution in [-0.2, 0) is 4.74 Å². The Balaban J connectivity index is 1.90. The maximum Gasteiger partial charge on any atom is 0.0590 e. The first-order valence-electron chi connectivity index (χ1n) is 6.69. The van der Waals surface area contributed by atoms with Crippen molar-refractivity contribution < 1.29 is 9.84 Å².